The second-order valence-corrected chi connectivity index (χ2v) is 9.13. The molecule has 1 aromatic rings. The van der Waals surface area contributed by atoms with E-state index in [2.05, 4.69) is 31.1 Å². The molecule has 4 aliphatic carbocycles. The zero-order chi connectivity index (χ0) is 16.2. The normalized spacial score (nSPS) is 35.3. The highest BCUT2D eigenvalue weighted by Crippen LogP contribution is 2.56. The van der Waals surface area contributed by atoms with Crippen LogP contribution in [0, 0.1) is 29.6 Å². The zero-order valence-electron chi connectivity index (χ0n) is 14.5. The van der Waals surface area contributed by atoms with Crippen LogP contribution < -0.4 is 5.32 Å². The van der Waals surface area contributed by atoms with Crippen molar-refractivity contribution in [3.05, 3.63) is 24.0 Å². The summed E-state index contributed by atoms with van der Waals surface area (Å²) in [6.07, 6.45) is 8.39. The van der Waals surface area contributed by atoms with Gasteiger partial charge in [-0.2, -0.15) is 0 Å². The van der Waals surface area contributed by atoms with Crippen LogP contribution in [0.3, 0.4) is 0 Å². The van der Waals surface area contributed by atoms with E-state index < -0.39 is 0 Å². The first kappa shape index (κ1) is 15.2. The average molecular weight is 312 g/mol. The molecule has 3 nitrogen and oxygen atoms in total. The molecule has 0 atom stereocenters. The topological polar surface area (TPSA) is 42.0 Å². The Kier molecular flexibility index (Phi) is 3.51. The zero-order valence-corrected chi connectivity index (χ0v) is 14.5. The van der Waals surface area contributed by atoms with Crippen molar-refractivity contribution in [1.29, 1.82) is 0 Å². The number of aromatic nitrogens is 1. The van der Waals surface area contributed by atoms with E-state index in [4.69, 9.17) is 0 Å². The molecule has 23 heavy (non-hydrogen) atoms. The minimum atomic E-state index is 0.00333. The standard InChI is InChI=1S/C20H28N2O/c1-20(2,3)17-11-16(4-5-21-17)22-19(23)18-14-7-12-6-13(9-14)10-15(18)8-12/h4-5,11-15,18H,6-10H2,1-3H3,(H,21,22,23). The molecule has 4 bridgehead atoms. The summed E-state index contributed by atoms with van der Waals surface area (Å²) in [7, 11) is 0. The van der Waals surface area contributed by atoms with Gasteiger partial charge in [0.05, 0.1) is 0 Å². The molecule has 4 aliphatic rings. The van der Waals surface area contributed by atoms with Gasteiger partial charge in [0.15, 0.2) is 0 Å². The highest BCUT2D eigenvalue weighted by atomic mass is 16.1. The third-order valence-corrected chi connectivity index (χ3v) is 6.33. The van der Waals surface area contributed by atoms with E-state index in [1.165, 1.54) is 32.1 Å². The lowest BCUT2D eigenvalue weighted by Gasteiger charge is -2.53. The Hall–Kier alpha value is -1.38. The van der Waals surface area contributed by atoms with E-state index in [0.717, 1.165) is 23.2 Å². The van der Waals surface area contributed by atoms with Crippen molar-refractivity contribution >= 4 is 11.6 Å². The van der Waals surface area contributed by atoms with E-state index in [1.54, 1.807) is 0 Å². The van der Waals surface area contributed by atoms with Crippen LogP contribution in [0.4, 0.5) is 5.69 Å². The molecule has 1 aromatic heterocycles. The summed E-state index contributed by atoms with van der Waals surface area (Å²) < 4.78 is 0. The third kappa shape index (κ3) is 2.79. The van der Waals surface area contributed by atoms with Gasteiger partial charge in [-0.1, -0.05) is 20.8 Å². The van der Waals surface area contributed by atoms with Crippen molar-refractivity contribution in [2.24, 2.45) is 29.6 Å². The molecular formula is C20H28N2O. The maximum Gasteiger partial charge on any atom is 0.228 e. The Morgan fingerprint density at radius 2 is 1.70 bits per heavy atom. The number of nitrogens with one attached hydrogen (secondary N) is 1. The smallest absolute Gasteiger partial charge is 0.228 e. The van der Waals surface area contributed by atoms with E-state index in [0.29, 0.717) is 11.8 Å². The van der Waals surface area contributed by atoms with Crippen molar-refractivity contribution in [3.63, 3.8) is 0 Å². The minimum Gasteiger partial charge on any atom is -0.326 e. The Labute approximate surface area is 139 Å². The average Bonchev–Trinajstić information content (AvgIpc) is 2.45. The summed E-state index contributed by atoms with van der Waals surface area (Å²) in [5.41, 5.74) is 1.94. The Morgan fingerprint density at radius 3 is 2.26 bits per heavy atom. The van der Waals surface area contributed by atoms with Crippen LogP contribution in [0.1, 0.15) is 58.6 Å². The number of carbonyl (C=O) groups excluding carboxylic acids is 1. The van der Waals surface area contributed by atoms with Crippen LogP contribution >= 0.6 is 0 Å². The summed E-state index contributed by atoms with van der Waals surface area (Å²) in [6, 6.07) is 3.96. The van der Waals surface area contributed by atoms with E-state index in [-0.39, 0.29) is 17.2 Å². The van der Waals surface area contributed by atoms with Gasteiger partial charge in [0, 0.05) is 28.9 Å². The van der Waals surface area contributed by atoms with E-state index in [1.807, 2.05) is 18.3 Å². The number of pyridine rings is 1. The fourth-order valence-corrected chi connectivity index (χ4v) is 5.50. The fraction of sp³-hybridized carbons (Fsp3) is 0.700. The van der Waals surface area contributed by atoms with Crippen LogP contribution in [0.2, 0.25) is 0 Å². The largest absolute Gasteiger partial charge is 0.326 e. The second kappa shape index (κ2) is 5.32. The van der Waals surface area contributed by atoms with Crippen LogP contribution in [0.15, 0.2) is 18.3 Å². The highest BCUT2D eigenvalue weighted by Gasteiger charge is 2.50. The van der Waals surface area contributed by atoms with Gasteiger partial charge >= 0.3 is 0 Å². The number of anilines is 1. The minimum absolute atomic E-state index is 0.00333. The van der Waals surface area contributed by atoms with Gasteiger partial charge < -0.3 is 5.32 Å². The number of hydrogen-bond donors (Lipinski definition) is 1. The lowest BCUT2D eigenvalue weighted by atomic mass is 9.51. The van der Waals surface area contributed by atoms with E-state index in [9.17, 15) is 4.79 Å². The molecule has 124 valence electrons. The summed E-state index contributed by atoms with van der Waals surface area (Å²) in [6.45, 7) is 6.45. The molecule has 0 aromatic carbocycles. The predicted octanol–water partition coefficient (Wildman–Crippen LogP) is 4.39. The Morgan fingerprint density at radius 1 is 1.09 bits per heavy atom. The number of amides is 1. The third-order valence-electron chi connectivity index (χ3n) is 6.33. The molecule has 5 rings (SSSR count). The van der Waals surface area contributed by atoms with Crippen LogP contribution in [-0.2, 0) is 10.2 Å². The molecule has 0 unspecified atom stereocenters. The molecule has 4 saturated carbocycles. The fourth-order valence-electron chi connectivity index (χ4n) is 5.50. The second-order valence-electron chi connectivity index (χ2n) is 9.13. The van der Waals surface area contributed by atoms with Gasteiger partial charge in [-0.3, -0.25) is 9.78 Å². The van der Waals surface area contributed by atoms with Crippen molar-refractivity contribution in [2.45, 2.75) is 58.3 Å². The van der Waals surface area contributed by atoms with Crippen molar-refractivity contribution < 1.29 is 4.79 Å². The van der Waals surface area contributed by atoms with Crippen LogP contribution in [0.25, 0.3) is 0 Å². The molecule has 3 heteroatoms. The summed E-state index contributed by atoms with van der Waals surface area (Å²) in [4.78, 5) is 17.4. The highest BCUT2D eigenvalue weighted by molar-refractivity contribution is 5.93. The molecule has 0 aliphatic heterocycles. The monoisotopic (exact) mass is 312 g/mol. The molecule has 1 N–H and O–H groups in total. The summed E-state index contributed by atoms with van der Waals surface area (Å²) in [5.74, 6) is 3.59. The number of carbonyl (C=O) groups is 1. The lowest BCUT2D eigenvalue weighted by Crippen LogP contribution is -2.49. The SMILES string of the molecule is CC(C)(C)c1cc(NC(=O)C2C3CC4CC(C3)CC2C4)ccn1. The quantitative estimate of drug-likeness (QED) is 0.880. The first-order chi connectivity index (χ1) is 10.9. The van der Waals surface area contributed by atoms with Crippen molar-refractivity contribution in [1.82, 2.24) is 4.98 Å². The van der Waals surface area contributed by atoms with Gasteiger partial charge in [0.2, 0.25) is 5.91 Å². The Balaban J connectivity index is 1.50. The maximum atomic E-state index is 12.9. The molecule has 0 spiro atoms. The molecule has 1 heterocycles. The number of hydrogen-bond acceptors (Lipinski definition) is 2. The molecule has 1 amide bonds. The van der Waals surface area contributed by atoms with Crippen molar-refractivity contribution in [2.75, 3.05) is 5.32 Å². The van der Waals surface area contributed by atoms with Gasteiger partial charge in [-0.15, -0.1) is 0 Å². The van der Waals surface area contributed by atoms with E-state index >= 15 is 0 Å². The first-order valence-corrected chi connectivity index (χ1v) is 9.17. The number of rotatable bonds is 2. The maximum absolute atomic E-state index is 12.9. The molecule has 4 fully saturated rings. The Bertz CT molecular complexity index is 588. The summed E-state index contributed by atoms with van der Waals surface area (Å²) in [5, 5.41) is 3.20. The first-order valence-electron chi connectivity index (χ1n) is 9.17. The van der Waals surface area contributed by atoms with Crippen molar-refractivity contribution in [3.8, 4) is 0 Å². The lowest BCUT2D eigenvalue weighted by molar-refractivity contribution is -0.132. The van der Waals surface area contributed by atoms with Gasteiger partial charge in [0.1, 0.15) is 0 Å². The summed E-state index contributed by atoms with van der Waals surface area (Å²) >= 11 is 0. The van der Waals surface area contributed by atoms with Gasteiger partial charge in [0.25, 0.3) is 0 Å². The molecule has 0 saturated heterocycles. The van der Waals surface area contributed by atoms with Gasteiger partial charge in [-0.25, -0.2) is 0 Å². The predicted molar refractivity (Wildman–Crippen MR) is 92.1 cm³/mol. The molecular weight excluding hydrogens is 284 g/mol. The molecule has 0 radical (unpaired) electrons. The number of nitrogens with zero attached hydrogens (tertiary/aromatic N) is 1. The van der Waals surface area contributed by atoms with Gasteiger partial charge in [-0.05, 0) is 67.9 Å². The van der Waals surface area contributed by atoms with Crippen LogP contribution in [-0.4, -0.2) is 10.9 Å². The van der Waals surface area contributed by atoms with Crippen LogP contribution in [0.5, 0.6) is 0 Å².